The van der Waals surface area contributed by atoms with Crippen LogP contribution >= 0.6 is 11.3 Å². The lowest BCUT2D eigenvalue weighted by molar-refractivity contribution is 0.100. The number of nitrogens with one attached hydrogen (secondary N) is 1. The second kappa shape index (κ2) is 10.7. The predicted molar refractivity (Wildman–Crippen MR) is 126 cm³/mol. The maximum atomic E-state index is 14.9. The van der Waals surface area contributed by atoms with Crippen molar-refractivity contribution < 1.29 is 18.7 Å². The van der Waals surface area contributed by atoms with Crippen molar-refractivity contribution in [3.63, 3.8) is 0 Å². The van der Waals surface area contributed by atoms with Gasteiger partial charge in [0.2, 0.25) is 0 Å². The van der Waals surface area contributed by atoms with Gasteiger partial charge in [-0.3, -0.25) is 4.79 Å². The van der Waals surface area contributed by atoms with Gasteiger partial charge in [-0.05, 0) is 56.0 Å². The largest absolute Gasteiger partial charge is 0.384 e. The molecule has 32 heavy (non-hydrogen) atoms. The molecule has 2 aromatic heterocycles. The van der Waals surface area contributed by atoms with Gasteiger partial charge in [0.15, 0.2) is 0 Å². The van der Waals surface area contributed by atoms with E-state index in [9.17, 15) is 9.18 Å². The quantitative estimate of drug-likeness (QED) is 0.454. The second-order valence-corrected chi connectivity index (χ2v) is 8.64. The number of nitrogens with zero attached hydrogens (tertiary/aromatic N) is 1. The second-order valence-electron chi connectivity index (χ2n) is 7.59. The van der Waals surface area contributed by atoms with Crippen LogP contribution in [-0.4, -0.2) is 37.8 Å². The molecular weight excluding hydrogens is 429 g/mol. The van der Waals surface area contributed by atoms with E-state index in [1.54, 1.807) is 26.4 Å². The van der Waals surface area contributed by atoms with Crippen molar-refractivity contribution in [2.75, 3.05) is 26.1 Å². The number of anilines is 2. The van der Waals surface area contributed by atoms with Gasteiger partial charge < -0.3 is 20.5 Å². The fourth-order valence-corrected chi connectivity index (χ4v) is 4.45. The highest BCUT2D eigenvalue weighted by Gasteiger charge is 2.18. The summed E-state index contributed by atoms with van der Waals surface area (Å²) in [7, 11) is 3.29. The normalized spacial score (nSPS) is 12.0. The molecule has 0 saturated heterocycles. The number of amides is 1. The number of carbonyl (C=O) groups excluding carboxylic acids is 1. The summed E-state index contributed by atoms with van der Waals surface area (Å²) in [5.74, 6) is -0.357. The number of nitrogens with two attached hydrogens (primary N) is 1. The Morgan fingerprint density at radius 1 is 1.25 bits per heavy atom. The van der Waals surface area contributed by atoms with E-state index < -0.39 is 5.91 Å². The Hall–Kier alpha value is -2.81. The zero-order chi connectivity index (χ0) is 23.3. The molecule has 3 aromatic rings. The first kappa shape index (κ1) is 23.8. The zero-order valence-electron chi connectivity index (χ0n) is 18.7. The SMILES string of the molecule is COCCc1ccc(Nc2sc(-c3ccc(CC(C)OC)cc3F)cc2C(N)=O)nc1C. The molecule has 2 heterocycles. The molecule has 1 atom stereocenters. The molecule has 0 aliphatic rings. The minimum Gasteiger partial charge on any atom is -0.384 e. The summed E-state index contributed by atoms with van der Waals surface area (Å²) in [6.07, 6.45) is 1.38. The van der Waals surface area contributed by atoms with Crippen LogP contribution < -0.4 is 11.1 Å². The molecule has 3 N–H and O–H groups in total. The lowest BCUT2D eigenvalue weighted by Gasteiger charge is -2.10. The van der Waals surface area contributed by atoms with E-state index in [0.29, 0.717) is 39.9 Å². The average molecular weight is 458 g/mol. The summed E-state index contributed by atoms with van der Waals surface area (Å²) >= 11 is 1.26. The van der Waals surface area contributed by atoms with E-state index in [4.69, 9.17) is 15.2 Å². The maximum Gasteiger partial charge on any atom is 0.251 e. The molecule has 6 nitrogen and oxygen atoms in total. The topological polar surface area (TPSA) is 86.5 Å². The van der Waals surface area contributed by atoms with Crippen molar-refractivity contribution >= 4 is 28.1 Å². The van der Waals surface area contributed by atoms with Gasteiger partial charge in [0, 0.05) is 30.4 Å². The maximum absolute atomic E-state index is 14.9. The smallest absolute Gasteiger partial charge is 0.251 e. The lowest BCUT2D eigenvalue weighted by atomic mass is 10.0. The van der Waals surface area contributed by atoms with Crippen molar-refractivity contribution in [3.8, 4) is 10.4 Å². The Morgan fingerprint density at radius 2 is 2.03 bits per heavy atom. The molecule has 0 fully saturated rings. The third-order valence-corrected chi connectivity index (χ3v) is 6.32. The third-order valence-electron chi connectivity index (χ3n) is 5.23. The number of carbonyl (C=O) groups is 1. The number of ether oxygens (including phenoxy) is 2. The Bertz CT molecular complexity index is 1100. The number of hydrogen-bond donors (Lipinski definition) is 2. The van der Waals surface area contributed by atoms with Crippen LogP contribution in [0.1, 0.15) is 34.1 Å². The molecule has 0 aliphatic heterocycles. The fourth-order valence-electron chi connectivity index (χ4n) is 3.35. The molecule has 1 amide bonds. The summed E-state index contributed by atoms with van der Waals surface area (Å²) in [4.78, 5) is 17.2. The number of hydrogen-bond acceptors (Lipinski definition) is 6. The Labute approximate surface area is 191 Å². The van der Waals surface area contributed by atoms with Crippen molar-refractivity contribution in [2.24, 2.45) is 5.73 Å². The molecule has 0 saturated carbocycles. The zero-order valence-corrected chi connectivity index (χ0v) is 19.5. The van der Waals surface area contributed by atoms with Gasteiger partial charge in [0.05, 0.1) is 18.3 Å². The standard InChI is InChI=1S/C24H28FN3O3S/c1-14(31-4)11-16-5-7-18(20(25)12-16)21-13-19(23(26)29)24(32-21)28-22-8-6-17(9-10-30-3)15(2)27-22/h5-8,12-14H,9-11H2,1-4H3,(H2,26,29)(H,27,28). The minimum absolute atomic E-state index is 0.00361. The van der Waals surface area contributed by atoms with E-state index >= 15 is 0 Å². The molecular formula is C24H28FN3O3S. The van der Waals surface area contributed by atoms with E-state index in [-0.39, 0.29) is 11.9 Å². The molecule has 1 unspecified atom stereocenters. The number of aryl methyl sites for hydroxylation is 1. The van der Waals surface area contributed by atoms with E-state index in [0.717, 1.165) is 23.2 Å². The van der Waals surface area contributed by atoms with Gasteiger partial charge in [-0.2, -0.15) is 0 Å². The molecule has 8 heteroatoms. The first-order valence-corrected chi connectivity index (χ1v) is 11.1. The first-order valence-electron chi connectivity index (χ1n) is 10.3. The molecule has 0 aliphatic carbocycles. The van der Waals surface area contributed by atoms with Gasteiger partial charge in [-0.15, -0.1) is 11.3 Å². The van der Waals surface area contributed by atoms with Gasteiger partial charge in [-0.1, -0.05) is 18.2 Å². The summed E-state index contributed by atoms with van der Waals surface area (Å²) in [5.41, 5.74) is 9.10. The molecule has 3 rings (SSSR count). The van der Waals surface area contributed by atoms with Crippen LogP contribution in [0.25, 0.3) is 10.4 Å². The predicted octanol–water partition coefficient (Wildman–Crippen LogP) is 4.87. The van der Waals surface area contributed by atoms with Crippen LogP contribution in [0.4, 0.5) is 15.2 Å². The number of halogens is 1. The Balaban J connectivity index is 1.88. The van der Waals surface area contributed by atoms with Crippen LogP contribution in [-0.2, 0) is 22.3 Å². The van der Waals surface area contributed by atoms with Gasteiger partial charge >= 0.3 is 0 Å². The highest BCUT2D eigenvalue weighted by atomic mass is 32.1. The van der Waals surface area contributed by atoms with Crippen LogP contribution in [0.15, 0.2) is 36.4 Å². The number of primary amides is 1. The number of methoxy groups -OCH3 is 2. The van der Waals surface area contributed by atoms with Gasteiger partial charge in [-0.25, -0.2) is 9.37 Å². The molecule has 170 valence electrons. The number of thiophene rings is 1. The Kier molecular flexibility index (Phi) is 7.95. The van der Waals surface area contributed by atoms with Crippen LogP contribution in [0, 0.1) is 12.7 Å². The van der Waals surface area contributed by atoms with E-state index in [1.165, 1.54) is 17.4 Å². The summed E-state index contributed by atoms with van der Waals surface area (Å²) in [6.45, 7) is 4.47. The third kappa shape index (κ3) is 5.70. The number of benzene rings is 1. The molecule has 1 aromatic carbocycles. The van der Waals surface area contributed by atoms with Crippen molar-refractivity contribution in [2.45, 2.75) is 32.8 Å². The van der Waals surface area contributed by atoms with Crippen LogP contribution in [0.5, 0.6) is 0 Å². The van der Waals surface area contributed by atoms with Crippen molar-refractivity contribution in [3.05, 3.63) is 64.6 Å². The first-order chi connectivity index (χ1) is 15.3. The monoisotopic (exact) mass is 457 g/mol. The molecule has 0 spiro atoms. The van der Waals surface area contributed by atoms with Crippen LogP contribution in [0.3, 0.4) is 0 Å². The van der Waals surface area contributed by atoms with Crippen molar-refractivity contribution in [1.82, 2.24) is 4.98 Å². The summed E-state index contributed by atoms with van der Waals surface area (Å²) in [5, 5.41) is 3.70. The Morgan fingerprint density at radius 3 is 2.66 bits per heavy atom. The number of aromatic nitrogens is 1. The van der Waals surface area contributed by atoms with Crippen molar-refractivity contribution in [1.29, 1.82) is 0 Å². The average Bonchev–Trinajstić information content (AvgIpc) is 3.17. The summed E-state index contributed by atoms with van der Waals surface area (Å²) < 4.78 is 25.2. The highest BCUT2D eigenvalue weighted by Crippen LogP contribution is 2.38. The van der Waals surface area contributed by atoms with Crippen LogP contribution in [0.2, 0.25) is 0 Å². The highest BCUT2D eigenvalue weighted by molar-refractivity contribution is 7.19. The van der Waals surface area contributed by atoms with Gasteiger partial charge in [0.25, 0.3) is 5.91 Å². The minimum atomic E-state index is -0.589. The fraction of sp³-hybridized carbons (Fsp3) is 0.333. The van der Waals surface area contributed by atoms with E-state index in [2.05, 4.69) is 10.3 Å². The molecule has 0 bridgehead atoms. The lowest BCUT2D eigenvalue weighted by Crippen LogP contribution is -2.11. The summed E-state index contributed by atoms with van der Waals surface area (Å²) in [6, 6.07) is 10.5. The molecule has 0 radical (unpaired) electrons. The van der Waals surface area contributed by atoms with E-state index in [1.807, 2.05) is 32.0 Å². The van der Waals surface area contributed by atoms with Gasteiger partial charge in [0.1, 0.15) is 16.6 Å². The number of pyridine rings is 1. The number of rotatable bonds is 10.